The molecule has 0 unspecified atom stereocenters. The first-order valence-corrected chi connectivity index (χ1v) is 7.40. The Morgan fingerprint density at radius 1 is 1.44 bits per heavy atom. The number of sulfone groups is 1. The van der Waals surface area contributed by atoms with E-state index in [1.807, 2.05) is 17.8 Å². The third kappa shape index (κ3) is 5.27. The fraction of sp³-hybridized carbons (Fsp3) is 0.700. The van der Waals surface area contributed by atoms with Crippen LogP contribution in [0.5, 0.6) is 0 Å². The predicted molar refractivity (Wildman–Crippen MR) is 64.1 cm³/mol. The number of aromatic nitrogens is 2. The van der Waals surface area contributed by atoms with Gasteiger partial charge in [0.1, 0.15) is 9.84 Å². The Hall–Kier alpha value is -0.880. The van der Waals surface area contributed by atoms with Gasteiger partial charge in [-0.1, -0.05) is 0 Å². The van der Waals surface area contributed by atoms with Gasteiger partial charge in [-0.15, -0.1) is 0 Å². The maximum Gasteiger partial charge on any atom is 0.147 e. The smallest absolute Gasteiger partial charge is 0.147 e. The van der Waals surface area contributed by atoms with Crippen LogP contribution in [0.25, 0.3) is 0 Å². The van der Waals surface area contributed by atoms with Crippen LogP contribution in [0.1, 0.15) is 12.1 Å². The maximum atomic E-state index is 10.9. The van der Waals surface area contributed by atoms with Gasteiger partial charge in [-0.2, -0.15) is 5.10 Å². The van der Waals surface area contributed by atoms with Crippen molar-refractivity contribution in [3.63, 3.8) is 0 Å². The van der Waals surface area contributed by atoms with Crippen molar-refractivity contribution >= 4 is 9.84 Å². The van der Waals surface area contributed by atoms with Gasteiger partial charge in [0.15, 0.2) is 0 Å². The van der Waals surface area contributed by atoms with Gasteiger partial charge < -0.3 is 5.32 Å². The lowest BCUT2D eigenvalue weighted by Crippen LogP contribution is -2.21. The van der Waals surface area contributed by atoms with E-state index in [0.717, 1.165) is 19.5 Å². The van der Waals surface area contributed by atoms with E-state index in [4.69, 9.17) is 0 Å². The minimum absolute atomic E-state index is 0.256. The standard InChI is InChI=1S/C10H19N3O2S/c1-13-10(5-8-12-13)4-7-11-6-3-9-16(2,14)15/h5,8,11H,3-4,6-7,9H2,1-2H3. The van der Waals surface area contributed by atoms with Crippen LogP contribution in [0, 0.1) is 0 Å². The van der Waals surface area contributed by atoms with Crippen LogP contribution >= 0.6 is 0 Å². The van der Waals surface area contributed by atoms with Crippen molar-refractivity contribution in [3.05, 3.63) is 18.0 Å². The molecule has 0 amide bonds. The molecule has 1 aromatic rings. The zero-order chi connectivity index (χ0) is 12.0. The summed E-state index contributed by atoms with van der Waals surface area (Å²) >= 11 is 0. The Kier molecular flexibility index (Phi) is 4.95. The number of nitrogens with one attached hydrogen (secondary N) is 1. The van der Waals surface area contributed by atoms with Gasteiger partial charge in [-0.3, -0.25) is 4.68 Å². The first-order chi connectivity index (χ1) is 7.49. The minimum atomic E-state index is -2.82. The summed E-state index contributed by atoms with van der Waals surface area (Å²) in [6, 6.07) is 1.98. The molecule has 0 spiro atoms. The van der Waals surface area contributed by atoms with Crippen LogP contribution < -0.4 is 5.32 Å². The number of hydrogen-bond acceptors (Lipinski definition) is 4. The molecule has 1 rings (SSSR count). The van der Waals surface area contributed by atoms with Crippen LogP contribution in [0.2, 0.25) is 0 Å². The highest BCUT2D eigenvalue weighted by atomic mass is 32.2. The molecule has 0 saturated heterocycles. The number of aryl methyl sites for hydroxylation is 1. The van der Waals surface area contributed by atoms with E-state index < -0.39 is 9.84 Å². The van der Waals surface area contributed by atoms with E-state index in [1.165, 1.54) is 11.9 Å². The summed E-state index contributed by atoms with van der Waals surface area (Å²) < 4.78 is 23.6. The molecule has 0 radical (unpaired) electrons. The van der Waals surface area contributed by atoms with Crippen LogP contribution in [0.15, 0.2) is 12.3 Å². The maximum absolute atomic E-state index is 10.9. The Morgan fingerprint density at radius 2 is 2.19 bits per heavy atom. The second-order valence-electron chi connectivity index (χ2n) is 3.93. The van der Waals surface area contributed by atoms with E-state index in [0.29, 0.717) is 6.42 Å². The Bertz CT molecular complexity index is 411. The monoisotopic (exact) mass is 245 g/mol. The number of hydrogen-bond donors (Lipinski definition) is 1. The molecular formula is C10H19N3O2S. The second kappa shape index (κ2) is 6.00. The summed E-state index contributed by atoms with van der Waals surface area (Å²) in [5.41, 5.74) is 1.18. The van der Waals surface area contributed by atoms with Crippen molar-refractivity contribution in [2.75, 3.05) is 25.1 Å². The summed E-state index contributed by atoms with van der Waals surface area (Å²) in [6.07, 6.45) is 4.63. The fourth-order valence-electron chi connectivity index (χ4n) is 1.45. The largest absolute Gasteiger partial charge is 0.316 e. The lowest BCUT2D eigenvalue weighted by Gasteiger charge is -2.04. The van der Waals surface area contributed by atoms with E-state index in [2.05, 4.69) is 10.4 Å². The Labute approximate surface area is 96.8 Å². The highest BCUT2D eigenvalue weighted by Gasteiger charge is 2.01. The lowest BCUT2D eigenvalue weighted by atomic mass is 10.3. The Balaban J connectivity index is 2.07. The van der Waals surface area contributed by atoms with Crippen LogP contribution in [0.4, 0.5) is 0 Å². The molecule has 16 heavy (non-hydrogen) atoms. The van der Waals surface area contributed by atoms with Crippen molar-refractivity contribution in [2.24, 2.45) is 7.05 Å². The quantitative estimate of drug-likeness (QED) is 0.686. The van der Waals surface area contributed by atoms with Gasteiger partial charge in [0, 0.05) is 38.2 Å². The molecular weight excluding hydrogens is 226 g/mol. The Morgan fingerprint density at radius 3 is 2.75 bits per heavy atom. The summed E-state index contributed by atoms with van der Waals surface area (Å²) in [6.45, 7) is 1.59. The van der Waals surface area contributed by atoms with Crippen molar-refractivity contribution in [3.8, 4) is 0 Å². The van der Waals surface area contributed by atoms with Crippen molar-refractivity contribution in [1.29, 1.82) is 0 Å². The average molecular weight is 245 g/mol. The molecule has 0 aliphatic carbocycles. The number of nitrogens with zero attached hydrogens (tertiary/aromatic N) is 2. The van der Waals surface area contributed by atoms with Gasteiger partial charge in [0.2, 0.25) is 0 Å². The molecule has 1 aromatic heterocycles. The van der Waals surface area contributed by atoms with E-state index in [9.17, 15) is 8.42 Å². The summed E-state index contributed by atoms with van der Waals surface area (Å²) in [5, 5.41) is 7.29. The zero-order valence-electron chi connectivity index (χ0n) is 9.81. The minimum Gasteiger partial charge on any atom is -0.316 e. The van der Waals surface area contributed by atoms with Crippen LogP contribution in [0.3, 0.4) is 0 Å². The first kappa shape index (κ1) is 13.2. The summed E-state index contributed by atoms with van der Waals surface area (Å²) in [7, 11) is -0.900. The molecule has 0 atom stereocenters. The van der Waals surface area contributed by atoms with E-state index >= 15 is 0 Å². The molecule has 0 aliphatic heterocycles. The lowest BCUT2D eigenvalue weighted by molar-refractivity contribution is 0.592. The second-order valence-corrected chi connectivity index (χ2v) is 6.19. The third-order valence-electron chi connectivity index (χ3n) is 2.35. The average Bonchev–Trinajstić information content (AvgIpc) is 2.56. The molecule has 5 nitrogen and oxygen atoms in total. The third-order valence-corrected chi connectivity index (χ3v) is 3.38. The molecule has 1 N–H and O–H groups in total. The normalized spacial score (nSPS) is 11.9. The summed E-state index contributed by atoms with van der Waals surface area (Å²) in [5.74, 6) is 0.256. The van der Waals surface area contributed by atoms with E-state index in [-0.39, 0.29) is 5.75 Å². The van der Waals surface area contributed by atoms with Gasteiger partial charge in [-0.05, 0) is 19.0 Å². The van der Waals surface area contributed by atoms with Crippen molar-refractivity contribution in [2.45, 2.75) is 12.8 Å². The molecule has 0 saturated carbocycles. The zero-order valence-corrected chi connectivity index (χ0v) is 10.6. The van der Waals surface area contributed by atoms with Gasteiger partial charge in [-0.25, -0.2) is 8.42 Å². The van der Waals surface area contributed by atoms with E-state index in [1.54, 1.807) is 6.20 Å². The van der Waals surface area contributed by atoms with Crippen LogP contribution in [-0.2, 0) is 23.3 Å². The summed E-state index contributed by atoms with van der Waals surface area (Å²) in [4.78, 5) is 0. The van der Waals surface area contributed by atoms with Crippen molar-refractivity contribution in [1.82, 2.24) is 15.1 Å². The first-order valence-electron chi connectivity index (χ1n) is 5.34. The SMILES string of the molecule is Cn1nccc1CCNCCCS(C)(=O)=O. The molecule has 92 valence electrons. The van der Waals surface area contributed by atoms with Crippen LogP contribution in [-0.4, -0.2) is 43.3 Å². The molecule has 0 fully saturated rings. The topological polar surface area (TPSA) is 64.0 Å². The van der Waals surface area contributed by atoms with Gasteiger partial charge >= 0.3 is 0 Å². The van der Waals surface area contributed by atoms with Gasteiger partial charge in [0.05, 0.1) is 5.75 Å². The number of rotatable bonds is 7. The predicted octanol–water partition coefficient (Wildman–Crippen LogP) is -0.0131. The molecule has 0 bridgehead atoms. The highest BCUT2D eigenvalue weighted by Crippen LogP contribution is 1.96. The highest BCUT2D eigenvalue weighted by molar-refractivity contribution is 7.90. The van der Waals surface area contributed by atoms with Crippen molar-refractivity contribution < 1.29 is 8.42 Å². The van der Waals surface area contributed by atoms with Gasteiger partial charge in [0.25, 0.3) is 0 Å². The molecule has 1 heterocycles. The molecule has 0 aliphatic rings. The molecule has 0 aromatic carbocycles. The fourth-order valence-corrected chi connectivity index (χ4v) is 2.12. The molecule has 6 heteroatoms.